The number of Topliss-reactive ketones (excluding diaryl/α,β-unsaturated/α-hetero) is 2. The summed E-state index contributed by atoms with van der Waals surface area (Å²) in [7, 11) is 4.08. The van der Waals surface area contributed by atoms with E-state index in [1.165, 1.54) is 0 Å². The van der Waals surface area contributed by atoms with Gasteiger partial charge in [-0.3, -0.25) is 9.59 Å². The van der Waals surface area contributed by atoms with Crippen molar-refractivity contribution in [2.75, 3.05) is 0 Å². The van der Waals surface area contributed by atoms with Crippen LogP contribution in [-0.4, -0.2) is 20.7 Å². The summed E-state index contributed by atoms with van der Waals surface area (Å²) in [6.07, 6.45) is 3.92. The average molecular weight is 435 g/mol. The van der Waals surface area contributed by atoms with Gasteiger partial charge in [0.2, 0.25) is 0 Å². The lowest BCUT2D eigenvalue weighted by atomic mass is 9.89. The smallest absolute Gasteiger partial charge is 0.190 e. The van der Waals surface area contributed by atoms with E-state index in [1.807, 2.05) is 14.1 Å². The standard InChI is InChI=1S/C29H26N2O2/c1-16-5-9-24-26(28(16)32)20-14-18(7-11-22(20)30(24)3)13-19-8-12-23-21(15-19)27-25(31(23)4)10-6-17(2)29(27)33/h7-8,11-12,14-15H,1-2,5-6,9-10,13H2,3-4H3. The molecule has 0 amide bonds. The Morgan fingerprint density at radius 3 is 1.55 bits per heavy atom. The summed E-state index contributed by atoms with van der Waals surface area (Å²) in [5.74, 6) is 0.158. The number of benzene rings is 2. The van der Waals surface area contributed by atoms with Gasteiger partial charge in [-0.2, -0.15) is 0 Å². The molecule has 4 aromatic rings. The second-order valence-corrected chi connectivity index (χ2v) is 9.51. The summed E-state index contributed by atoms with van der Waals surface area (Å²) in [6.45, 7) is 7.97. The Morgan fingerprint density at radius 2 is 1.12 bits per heavy atom. The number of carbonyl (C=O) groups is 2. The number of hydrogen-bond donors (Lipinski definition) is 0. The highest BCUT2D eigenvalue weighted by Crippen LogP contribution is 2.36. The fraction of sp³-hybridized carbons (Fsp3) is 0.241. The molecule has 0 unspecified atom stereocenters. The molecule has 4 nitrogen and oxygen atoms in total. The fourth-order valence-corrected chi connectivity index (χ4v) is 5.76. The Morgan fingerprint density at radius 1 is 0.697 bits per heavy atom. The molecule has 2 heterocycles. The lowest BCUT2D eigenvalue weighted by Gasteiger charge is -2.14. The summed E-state index contributed by atoms with van der Waals surface area (Å²) in [4.78, 5) is 25.8. The number of aromatic nitrogens is 2. The van der Waals surface area contributed by atoms with Crippen molar-refractivity contribution in [2.24, 2.45) is 14.1 Å². The molecule has 0 N–H and O–H groups in total. The number of hydrogen-bond acceptors (Lipinski definition) is 2. The van der Waals surface area contributed by atoms with E-state index in [1.54, 1.807) is 0 Å². The van der Waals surface area contributed by atoms with Crippen molar-refractivity contribution in [3.63, 3.8) is 0 Å². The zero-order valence-electron chi connectivity index (χ0n) is 19.1. The second kappa shape index (κ2) is 6.92. The van der Waals surface area contributed by atoms with Crippen molar-refractivity contribution in [2.45, 2.75) is 32.1 Å². The molecule has 0 saturated heterocycles. The van der Waals surface area contributed by atoms with Crippen LogP contribution in [0, 0.1) is 0 Å². The molecule has 0 spiro atoms. The van der Waals surface area contributed by atoms with Crippen molar-refractivity contribution in [1.82, 2.24) is 9.13 Å². The van der Waals surface area contributed by atoms with Gasteiger partial charge in [0.05, 0.1) is 11.1 Å². The van der Waals surface area contributed by atoms with Crippen LogP contribution in [0.25, 0.3) is 21.8 Å². The van der Waals surface area contributed by atoms with Gasteiger partial charge in [0.1, 0.15) is 0 Å². The first-order valence-electron chi connectivity index (χ1n) is 11.5. The maximum Gasteiger partial charge on any atom is 0.190 e. The molecule has 0 fully saturated rings. The molecule has 4 heteroatoms. The molecular weight excluding hydrogens is 408 g/mol. The topological polar surface area (TPSA) is 44.0 Å². The lowest BCUT2D eigenvalue weighted by Crippen LogP contribution is -2.14. The predicted molar refractivity (Wildman–Crippen MR) is 132 cm³/mol. The molecule has 2 aliphatic carbocycles. The van der Waals surface area contributed by atoms with Crippen molar-refractivity contribution in [3.05, 3.63) is 94.3 Å². The molecule has 164 valence electrons. The van der Waals surface area contributed by atoms with Gasteiger partial charge < -0.3 is 9.13 Å². The van der Waals surface area contributed by atoms with Crippen LogP contribution in [0.1, 0.15) is 56.1 Å². The Hall–Kier alpha value is -3.66. The third-order valence-electron chi connectivity index (χ3n) is 7.60. The van der Waals surface area contributed by atoms with E-state index in [4.69, 9.17) is 0 Å². The second-order valence-electron chi connectivity index (χ2n) is 9.51. The van der Waals surface area contributed by atoms with Crippen molar-refractivity contribution in [3.8, 4) is 0 Å². The van der Waals surface area contributed by atoms with Gasteiger partial charge >= 0.3 is 0 Å². The van der Waals surface area contributed by atoms with Crippen molar-refractivity contribution in [1.29, 1.82) is 0 Å². The van der Waals surface area contributed by atoms with Gasteiger partial charge in [0, 0.05) is 47.3 Å². The van der Waals surface area contributed by atoms with E-state index in [9.17, 15) is 9.59 Å². The van der Waals surface area contributed by atoms with E-state index in [0.29, 0.717) is 11.1 Å². The van der Waals surface area contributed by atoms with E-state index in [-0.39, 0.29) is 11.6 Å². The number of nitrogens with zero attached hydrogens (tertiary/aromatic N) is 2. The van der Waals surface area contributed by atoms with Gasteiger partial charge in [-0.25, -0.2) is 0 Å². The molecule has 0 bridgehead atoms. The Balaban J connectivity index is 1.45. The molecule has 33 heavy (non-hydrogen) atoms. The fourth-order valence-electron chi connectivity index (χ4n) is 5.76. The normalized spacial score (nSPS) is 16.1. The average Bonchev–Trinajstić information content (AvgIpc) is 3.25. The van der Waals surface area contributed by atoms with Crippen LogP contribution >= 0.6 is 0 Å². The molecule has 0 radical (unpaired) electrons. The van der Waals surface area contributed by atoms with Gasteiger partial charge in [-0.15, -0.1) is 0 Å². The molecule has 2 aromatic heterocycles. The molecule has 0 aliphatic heterocycles. The zero-order valence-corrected chi connectivity index (χ0v) is 19.1. The van der Waals surface area contributed by atoms with Crippen LogP contribution in [-0.2, 0) is 33.4 Å². The molecule has 0 saturated carbocycles. The number of aryl methyl sites for hydroxylation is 2. The summed E-state index contributed by atoms with van der Waals surface area (Å²) >= 11 is 0. The van der Waals surface area contributed by atoms with E-state index in [2.05, 4.69) is 58.7 Å². The Bertz CT molecular complexity index is 1460. The predicted octanol–water partition coefficient (Wildman–Crippen LogP) is 5.63. The maximum atomic E-state index is 12.9. The highest BCUT2D eigenvalue weighted by atomic mass is 16.1. The number of carbonyl (C=O) groups excluding carboxylic acids is 2. The lowest BCUT2D eigenvalue weighted by molar-refractivity contribution is 0.101. The van der Waals surface area contributed by atoms with E-state index >= 15 is 0 Å². The van der Waals surface area contributed by atoms with Gasteiger partial charge in [0.15, 0.2) is 11.6 Å². The van der Waals surface area contributed by atoms with E-state index < -0.39 is 0 Å². The summed E-state index contributed by atoms with van der Waals surface area (Å²) < 4.78 is 4.30. The summed E-state index contributed by atoms with van der Waals surface area (Å²) in [6, 6.07) is 12.8. The van der Waals surface area contributed by atoms with Crippen molar-refractivity contribution >= 4 is 33.4 Å². The first kappa shape index (κ1) is 20.0. The highest BCUT2D eigenvalue weighted by Gasteiger charge is 2.28. The third kappa shape index (κ3) is 2.76. The number of fused-ring (bicyclic) bond motifs is 6. The van der Waals surface area contributed by atoms with Crippen LogP contribution in [0.5, 0.6) is 0 Å². The van der Waals surface area contributed by atoms with Crippen LogP contribution in [0.2, 0.25) is 0 Å². The summed E-state index contributed by atoms with van der Waals surface area (Å²) in [5.41, 5.74) is 9.74. The number of ketones is 2. The largest absolute Gasteiger partial charge is 0.347 e. The molecule has 0 atom stereocenters. The van der Waals surface area contributed by atoms with Gasteiger partial charge in [-0.1, -0.05) is 25.3 Å². The first-order valence-corrected chi connectivity index (χ1v) is 11.5. The Labute approximate surface area is 192 Å². The van der Waals surface area contributed by atoms with Crippen LogP contribution in [0.4, 0.5) is 0 Å². The highest BCUT2D eigenvalue weighted by molar-refractivity contribution is 6.19. The maximum absolute atomic E-state index is 12.9. The first-order chi connectivity index (χ1) is 15.8. The van der Waals surface area contributed by atoms with Crippen molar-refractivity contribution < 1.29 is 9.59 Å². The molecule has 6 rings (SSSR count). The monoisotopic (exact) mass is 434 g/mol. The molecular formula is C29H26N2O2. The summed E-state index contributed by atoms with van der Waals surface area (Å²) in [5, 5.41) is 2.03. The third-order valence-corrected chi connectivity index (χ3v) is 7.60. The van der Waals surface area contributed by atoms with Gasteiger partial charge in [0.25, 0.3) is 0 Å². The number of rotatable bonds is 2. The van der Waals surface area contributed by atoms with Crippen LogP contribution in [0.3, 0.4) is 0 Å². The zero-order chi connectivity index (χ0) is 23.0. The molecule has 2 aromatic carbocycles. The van der Waals surface area contributed by atoms with Gasteiger partial charge in [-0.05, 0) is 78.6 Å². The SMILES string of the molecule is C=C1CCc2c(c3cc(Cc4ccc5c(c4)c4c(n5C)CCC(=C)C4=O)ccc3n2C)C1=O. The number of allylic oxidation sites excluding steroid dienone is 2. The minimum absolute atomic E-state index is 0.0788. The minimum Gasteiger partial charge on any atom is -0.347 e. The Kier molecular flexibility index (Phi) is 4.19. The van der Waals surface area contributed by atoms with Crippen LogP contribution < -0.4 is 0 Å². The van der Waals surface area contributed by atoms with Crippen LogP contribution in [0.15, 0.2) is 60.7 Å². The minimum atomic E-state index is 0.0788. The molecule has 2 aliphatic rings. The quantitative estimate of drug-likeness (QED) is 0.384. The van der Waals surface area contributed by atoms with E-state index in [0.717, 1.165) is 87.6 Å².